The Labute approximate surface area is 119 Å². The smallest absolute Gasteiger partial charge is 0.176 e. The highest BCUT2D eigenvalue weighted by atomic mass is 15.3. The van der Waals surface area contributed by atoms with Gasteiger partial charge in [-0.05, 0) is 57.1 Å². The lowest BCUT2D eigenvalue weighted by molar-refractivity contribution is 0.226. The second-order valence-corrected chi connectivity index (χ2v) is 5.45. The molecule has 0 radical (unpaired) electrons. The van der Waals surface area contributed by atoms with E-state index in [1.807, 2.05) is 18.3 Å². The van der Waals surface area contributed by atoms with Crippen molar-refractivity contribution < 1.29 is 0 Å². The number of rotatable bonds is 4. The van der Waals surface area contributed by atoms with E-state index in [1.165, 1.54) is 25.9 Å². The Morgan fingerprint density at radius 1 is 1.25 bits per heavy atom. The molecule has 106 valence electrons. The molecule has 0 aliphatic carbocycles. The minimum atomic E-state index is 0.747. The van der Waals surface area contributed by atoms with E-state index < -0.39 is 0 Å². The van der Waals surface area contributed by atoms with E-state index in [1.54, 1.807) is 17.1 Å². The number of nitrogens with one attached hydrogen (secondary N) is 1. The maximum Gasteiger partial charge on any atom is 0.176 e. The van der Waals surface area contributed by atoms with Crippen LogP contribution in [0.25, 0.3) is 5.82 Å². The quantitative estimate of drug-likeness (QED) is 0.924. The van der Waals surface area contributed by atoms with Gasteiger partial charge in [0, 0.05) is 25.1 Å². The van der Waals surface area contributed by atoms with Gasteiger partial charge in [-0.2, -0.15) is 5.10 Å². The number of anilines is 1. The highest BCUT2D eigenvalue weighted by Crippen LogP contribution is 2.20. The predicted octanol–water partition coefficient (Wildman–Crippen LogP) is 2.02. The molecule has 1 aliphatic rings. The fraction of sp³-hybridized carbons (Fsp3) is 0.467. The first-order valence-corrected chi connectivity index (χ1v) is 7.20. The topological polar surface area (TPSA) is 46.0 Å². The summed E-state index contributed by atoms with van der Waals surface area (Å²) >= 11 is 0. The molecule has 1 fully saturated rings. The van der Waals surface area contributed by atoms with Crippen LogP contribution >= 0.6 is 0 Å². The van der Waals surface area contributed by atoms with Crippen LogP contribution in [-0.4, -0.2) is 46.3 Å². The van der Waals surface area contributed by atoms with E-state index in [0.717, 1.165) is 24.0 Å². The third kappa shape index (κ3) is 2.99. The van der Waals surface area contributed by atoms with Gasteiger partial charge >= 0.3 is 0 Å². The second kappa shape index (κ2) is 6.05. The first-order valence-electron chi connectivity index (χ1n) is 7.20. The van der Waals surface area contributed by atoms with Gasteiger partial charge in [-0.3, -0.25) is 0 Å². The molecule has 1 saturated heterocycles. The second-order valence-electron chi connectivity index (χ2n) is 5.45. The molecule has 3 heterocycles. The van der Waals surface area contributed by atoms with Crippen LogP contribution in [0.3, 0.4) is 0 Å². The summed E-state index contributed by atoms with van der Waals surface area (Å²) in [6.45, 7) is 3.41. The maximum absolute atomic E-state index is 4.43. The van der Waals surface area contributed by atoms with Crippen molar-refractivity contribution in [1.82, 2.24) is 19.7 Å². The van der Waals surface area contributed by atoms with Crippen LogP contribution in [0.5, 0.6) is 0 Å². The number of likely N-dealkylation sites (tertiary alicyclic amines) is 1. The number of pyridine rings is 1. The van der Waals surface area contributed by atoms with Crippen molar-refractivity contribution >= 4 is 5.69 Å². The van der Waals surface area contributed by atoms with Gasteiger partial charge in [0.25, 0.3) is 0 Å². The average Bonchev–Trinajstić information content (AvgIpc) is 3.01. The lowest BCUT2D eigenvalue weighted by atomic mass is 9.97. The summed E-state index contributed by atoms with van der Waals surface area (Å²) in [5.41, 5.74) is 1.05. The predicted molar refractivity (Wildman–Crippen MR) is 80.1 cm³/mol. The molecular formula is C15H21N5. The van der Waals surface area contributed by atoms with E-state index in [4.69, 9.17) is 0 Å². The number of aromatic nitrogens is 3. The fourth-order valence-electron chi connectivity index (χ4n) is 2.63. The number of nitrogens with zero attached hydrogens (tertiary/aromatic N) is 4. The van der Waals surface area contributed by atoms with Gasteiger partial charge < -0.3 is 10.2 Å². The molecule has 0 saturated carbocycles. The molecule has 0 unspecified atom stereocenters. The zero-order valence-electron chi connectivity index (χ0n) is 11.9. The number of hydrogen-bond donors (Lipinski definition) is 1. The molecule has 5 nitrogen and oxygen atoms in total. The van der Waals surface area contributed by atoms with Gasteiger partial charge in [0.15, 0.2) is 5.82 Å². The summed E-state index contributed by atoms with van der Waals surface area (Å²) in [4.78, 5) is 6.83. The molecule has 2 aromatic rings. The van der Waals surface area contributed by atoms with Crippen LogP contribution in [-0.2, 0) is 0 Å². The van der Waals surface area contributed by atoms with E-state index in [0.29, 0.717) is 0 Å². The van der Waals surface area contributed by atoms with Gasteiger partial charge in [-0.15, -0.1) is 0 Å². The van der Waals surface area contributed by atoms with Crippen LogP contribution in [0, 0.1) is 5.92 Å². The molecule has 1 N–H and O–H groups in total. The van der Waals surface area contributed by atoms with Gasteiger partial charge in [0.1, 0.15) is 0 Å². The van der Waals surface area contributed by atoms with Crippen LogP contribution in [0.2, 0.25) is 0 Å². The lowest BCUT2D eigenvalue weighted by Crippen LogP contribution is -2.33. The SMILES string of the molecule is CN1CCC(CNc2cccnc2-n2cccn2)CC1. The van der Waals surface area contributed by atoms with Gasteiger partial charge in [-0.25, -0.2) is 9.67 Å². The van der Waals surface area contributed by atoms with Crippen molar-refractivity contribution in [3.8, 4) is 5.82 Å². The highest BCUT2D eigenvalue weighted by Gasteiger charge is 2.17. The number of piperidine rings is 1. The molecule has 0 amide bonds. The van der Waals surface area contributed by atoms with E-state index in [9.17, 15) is 0 Å². The molecule has 0 bridgehead atoms. The van der Waals surface area contributed by atoms with Crippen LogP contribution in [0.1, 0.15) is 12.8 Å². The molecule has 0 spiro atoms. The van der Waals surface area contributed by atoms with Crippen molar-refractivity contribution in [1.29, 1.82) is 0 Å². The first kappa shape index (κ1) is 13.1. The largest absolute Gasteiger partial charge is 0.382 e. The van der Waals surface area contributed by atoms with Gasteiger partial charge in [0.05, 0.1) is 5.69 Å². The van der Waals surface area contributed by atoms with Crippen molar-refractivity contribution in [2.75, 3.05) is 32.0 Å². The summed E-state index contributed by atoms with van der Waals surface area (Å²) in [5.74, 6) is 1.61. The van der Waals surface area contributed by atoms with E-state index in [2.05, 4.69) is 33.4 Å². The molecular weight excluding hydrogens is 250 g/mol. The maximum atomic E-state index is 4.43. The molecule has 20 heavy (non-hydrogen) atoms. The van der Waals surface area contributed by atoms with Crippen molar-refractivity contribution in [3.63, 3.8) is 0 Å². The average molecular weight is 271 g/mol. The standard InChI is InChI=1S/C15H21N5/c1-19-10-5-13(6-11-19)12-17-14-4-2-7-16-15(14)20-9-3-8-18-20/h2-4,7-9,13,17H,5-6,10-12H2,1H3. The lowest BCUT2D eigenvalue weighted by Gasteiger charge is -2.29. The zero-order valence-corrected chi connectivity index (χ0v) is 11.9. The zero-order chi connectivity index (χ0) is 13.8. The molecule has 5 heteroatoms. The van der Waals surface area contributed by atoms with Crippen LogP contribution in [0.4, 0.5) is 5.69 Å². The highest BCUT2D eigenvalue weighted by molar-refractivity contribution is 5.56. The summed E-state index contributed by atoms with van der Waals surface area (Å²) in [7, 11) is 2.20. The van der Waals surface area contributed by atoms with Crippen molar-refractivity contribution in [2.24, 2.45) is 5.92 Å². The van der Waals surface area contributed by atoms with Gasteiger partial charge in [-0.1, -0.05) is 0 Å². The monoisotopic (exact) mass is 271 g/mol. The third-order valence-electron chi connectivity index (χ3n) is 3.93. The Morgan fingerprint density at radius 3 is 2.85 bits per heavy atom. The minimum Gasteiger partial charge on any atom is -0.382 e. The molecule has 3 rings (SSSR count). The Balaban J connectivity index is 1.66. The Morgan fingerprint density at radius 2 is 2.10 bits per heavy atom. The molecule has 0 atom stereocenters. The number of hydrogen-bond acceptors (Lipinski definition) is 4. The van der Waals surface area contributed by atoms with Gasteiger partial charge in [0.2, 0.25) is 0 Å². The van der Waals surface area contributed by atoms with E-state index in [-0.39, 0.29) is 0 Å². The normalized spacial score (nSPS) is 17.2. The molecule has 2 aromatic heterocycles. The van der Waals surface area contributed by atoms with E-state index >= 15 is 0 Å². The molecule has 1 aliphatic heterocycles. The molecule has 0 aromatic carbocycles. The summed E-state index contributed by atoms with van der Waals surface area (Å²) in [5, 5.41) is 7.80. The Kier molecular flexibility index (Phi) is 3.97. The van der Waals surface area contributed by atoms with Crippen LogP contribution in [0.15, 0.2) is 36.8 Å². The van der Waals surface area contributed by atoms with Crippen molar-refractivity contribution in [2.45, 2.75) is 12.8 Å². The summed E-state index contributed by atoms with van der Waals surface area (Å²) < 4.78 is 1.80. The third-order valence-corrected chi connectivity index (χ3v) is 3.93. The summed E-state index contributed by atoms with van der Waals surface area (Å²) in [6, 6.07) is 5.94. The Bertz CT molecular complexity index is 529. The first-order chi connectivity index (χ1) is 9.83. The Hall–Kier alpha value is -1.88. The van der Waals surface area contributed by atoms with Crippen molar-refractivity contribution in [3.05, 3.63) is 36.8 Å². The fourth-order valence-corrected chi connectivity index (χ4v) is 2.63. The summed E-state index contributed by atoms with van der Waals surface area (Å²) in [6.07, 6.45) is 8.03. The van der Waals surface area contributed by atoms with Crippen LogP contribution < -0.4 is 5.32 Å². The minimum absolute atomic E-state index is 0.747.